The van der Waals surface area contributed by atoms with Crippen molar-refractivity contribution in [1.29, 1.82) is 0 Å². The second-order valence-corrected chi connectivity index (χ2v) is 9.20. The minimum absolute atomic E-state index is 0.0379. The number of fused-ring (bicyclic) bond motifs is 2. The van der Waals surface area contributed by atoms with Gasteiger partial charge in [-0.25, -0.2) is 4.39 Å². The molecule has 0 radical (unpaired) electrons. The molecular weight excluding hydrogens is 385 g/mol. The van der Waals surface area contributed by atoms with Gasteiger partial charge in [-0.3, -0.25) is 9.78 Å². The summed E-state index contributed by atoms with van der Waals surface area (Å²) in [5.41, 5.74) is 2.09. The number of halogens is 1. The minimum Gasteiger partial charge on any atom is -0.294 e. The third-order valence-corrected chi connectivity index (χ3v) is 7.52. The van der Waals surface area contributed by atoms with Gasteiger partial charge in [0, 0.05) is 28.8 Å². The van der Waals surface area contributed by atoms with Crippen LogP contribution in [0.3, 0.4) is 0 Å². The second kappa shape index (κ2) is 6.58. The molecule has 3 heteroatoms. The summed E-state index contributed by atoms with van der Waals surface area (Å²) < 4.78 is 14.0. The van der Waals surface area contributed by atoms with Crippen molar-refractivity contribution in [2.45, 2.75) is 30.6 Å². The summed E-state index contributed by atoms with van der Waals surface area (Å²) in [7, 11) is 0. The van der Waals surface area contributed by atoms with Crippen LogP contribution >= 0.6 is 0 Å². The highest BCUT2D eigenvalue weighted by molar-refractivity contribution is 6.05. The molecule has 3 aromatic carbocycles. The number of rotatable bonds is 4. The van der Waals surface area contributed by atoms with Crippen LogP contribution in [0.5, 0.6) is 0 Å². The van der Waals surface area contributed by atoms with Gasteiger partial charge in [-0.1, -0.05) is 54.6 Å². The first-order valence-electron chi connectivity index (χ1n) is 10.8. The maximum atomic E-state index is 14.0. The number of carbonyl (C=O) groups is 1. The van der Waals surface area contributed by atoms with Gasteiger partial charge in [0.15, 0.2) is 5.78 Å². The van der Waals surface area contributed by atoms with Crippen molar-refractivity contribution in [3.8, 4) is 0 Å². The number of carbonyl (C=O) groups excluding carboxylic acids is 1. The Hall–Kier alpha value is -3.33. The van der Waals surface area contributed by atoms with Crippen LogP contribution in [0.2, 0.25) is 0 Å². The van der Waals surface area contributed by atoms with Crippen LogP contribution in [-0.4, -0.2) is 10.8 Å². The van der Waals surface area contributed by atoms with E-state index in [0.29, 0.717) is 0 Å². The summed E-state index contributed by atoms with van der Waals surface area (Å²) in [5, 5.41) is 2.21. The SMILES string of the molecule is O=C(c1ccc2ccccc2c1)C12CC(c3cccc(F)c3)(C[C@H]1c1ccccn1)C2. The lowest BCUT2D eigenvalue weighted by molar-refractivity contribution is 0.0537. The normalized spacial score (nSPS) is 26.5. The molecule has 0 N–H and O–H groups in total. The van der Waals surface area contributed by atoms with E-state index in [9.17, 15) is 9.18 Å². The first-order chi connectivity index (χ1) is 15.1. The van der Waals surface area contributed by atoms with E-state index >= 15 is 0 Å². The lowest BCUT2D eigenvalue weighted by Crippen LogP contribution is -2.47. The van der Waals surface area contributed by atoms with E-state index in [1.807, 2.05) is 60.7 Å². The maximum Gasteiger partial charge on any atom is 0.169 e. The van der Waals surface area contributed by atoms with E-state index < -0.39 is 5.41 Å². The first kappa shape index (κ1) is 18.4. The van der Waals surface area contributed by atoms with Crippen molar-refractivity contribution in [3.05, 3.63) is 114 Å². The van der Waals surface area contributed by atoms with Crippen molar-refractivity contribution in [2.24, 2.45) is 5.41 Å². The zero-order valence-electron chi connectivity index (χ0n) is 17.1. The largest absolute Gasteiger partial charge is 0.294 e. The highest BCUT2D eigenvalue weighted by Gasteiger charge is 2.70. The van der Waals surface area contributed by atoms with E-state index in [2.05, 4.69) is 11.1 Å². The topological polar surface area (TPSA) is 30.0 Å². The Labute approximate surface area is 180 Å². The van der Waals surface area contributed by atoms with E-state index in [0.717, 1.165) is 46.9 Å². The quantitative estimate of drug-likeness (QED) is 0.363. The maximum absolute atomic E-state index is 14.0. The Morgan fingerprint density at radius 1 is 0.871 bits per heavy atom. The molecule has 31 heavy (non-hydrogen) atoms. The molecule has 0 saturated heterocycles. The monoisotopic (exact) mass is 407 g/mol. The number of benzene rings is 3. The smallest absolute Gasteiger partial charge is 0.169 e. The molecule has 4 aromatic rings. The second-order valence-electron chi connectivity index (χ2n) is 9.20. The number of pyridine rings is 1. The van der Waals surface area contributed by atoms with Crippen molar-refractivity contribution >= 4 is 16.6 Å². The van der Waals surface area contributed by atoms with Gasteiger partial charge in [0.25, 0.3) is 0 Å². The highest BCUT2D eigenvalue weighted by Crippen LogP contribution is 2.73. The fraction of sp³-hybridized carbons (Fsp3) is 0.214. The highest BCUT2D eigenvalue weighted by atomic mass is 19.1. The Balaban J connectivity index is 1.44. The fourth-order valence-corrected chi connectivity index (χ4v) is 6.18. The van der Waals surface area contributed by atoms with Crippen LogP contribution in [0.25, 0.3) is 10.8 Å². The van der Waals surface area contributed by atoms with Crippen molar-refractivity contribution < 1.29 is 9.18 Å². The van der Waals surface area contributed by atoms with Crippen LogP contribution in [-0.2, 0) is 5.41 Å². The lowest BCUT2D eigenvalue weighted by atomic mass is 9.54. The zero-order valence-corrected chi connectivity index (χ0v) is 17.1. The summed E-state index contributed by atoms with van der Waals surface area (Å²) in [6.07, 6.45) is 4.12. The lowest BCUT2D eigenvalue weighted by Gasteiger charge is -2.48. The summed E-state index contributed by atoms with van der Waals surface area (Å²) >= 11 is 0. The molecule has 152 valence electrons. The molecule has 0 spiro atoms. The van der Waals surface area contributed by atoms with Crippen LogP contribution < -0.4 is 0 Å². The molecular formula is C28H22FNO. The molecule has 3 saturated carbocycles. The van der Waals surface area contributed by atoms with Gasteiger partial charge in [0.1, 0.15) is 5.82 Å². The minimum atomic E-state index is -0.483. The van der Waals surface area contributed by atoms with E-state index in [1.165, 1.54) is 6.07 Å². The van der Waals surface area contributed by atoms with Gasteiger partial charge in [-0.05, 0) is 71.3 Å². The number of hydrogen-bond acceptors (Lipinski definition) is 2. The average Bonchev–Trinajstić information content (AvgIpc) is 3.32. The molecule has 3 aliphatic rings. The van der Waals surface area contributed by atoms with Gasteiger partial charge < -0.3 is 0 Å². The van der Waals surface area contributed by atoms with Crippen molar-refractivity contribution in [2.75, 3.05) is 0 Å². The third kappa shape index (κ3) is 2.69. The average molecular weight is 407 g/mol. The Morgan fingerprint density at radius 3 is 2.45 bits per heavy atom. The van der Waals surface area contributed by atoms with Crippen LogP contribution in [0.15, 0.2) is 91.1 Å². The number of aromatic nitrogens is 1. The van der Waals surface area contributed by atoms with Crippen molar-refractivity contribution in [1.82, 2.24) is 4.98 Å². The van der Waals surface area contributed by atoms with Gasteiger partial charge in [-0.2, -0.15) is 0 Å². The molecule has 2 nitrogen and oxygen atoms in total. The van der Waals surface area contributed by atoms with E-state index in [-0.39, 0.29) is 22.9 Å². The molecule has 3 fully saturated rings. The predicted molar refractivity (Wildman–Crippen MR) is 120 cm³/mol. The molecule has 7 rings (SSSR count). The molecule has 0 unspecified atom stereocenters. The first-order valence-corrected chi connectivity index (χ1v) is 10.8. The Bertz CT molecular complexity index is 1310. The molecule has 1 heterocycles. The van der Waals surface area contributed by atoms with E-state index in [4.69, 9.17) is 0 Å². The number of hydrogen-bond donors (Lipinski definition) is 0. The predicted octanol–water partition coefficient (Wildman–Crippen LogP) is 6.46. The van der Waals surface area contributed by atoms with Gasteiger partial charge in [0.05, 0.1) is 0 Å². The van der Waals surface area contributed by atoms with Gasteiger partial charge >= 0.3 is 0 Å². The van der Waals surface area contributed by atoms with E-state index in [1.54, 1.807) is 18.3 Å². The van der Waals surface area contributed by atoms with Gasteiger partial charge in [-0.15, -0.1) is 0 Å². The van der Waals surface area contributed by atoms with Crippen LogP contribution in [0.1, 0.15) is 46.8 Å². The molecule has 1 aromatic heterocycles. The fourth-order valence-electron chi connectivity index (χ4n) is 6.18. The third-order valence-electron chi connectivity index (χ3n) is 7.52. The molecule has 3 aliphatic carbocycles. The summed E-state index contributed by atoms with van der Waals surface area (Å²) in [6, 6.07) is 27.0. The van der Waals surface area contributed by atoms with Crippen LogP contribution in [0, 0.1) is 11.2 Å². The number of Topliss-reactive ketones (excluding diaryl/α,β-unsaturated/α-hetero) is 1. The van der Waals surface area contributed by atoms with Gasteiger partial charge in [0.2, 0.25) is 0 Å². The Morgan fingerprint density at radius 2 is 1.68 bits per heavy atom. The Kier molecular flexibility index (Phi) is 3.92. The standard InChI is InChI=1S/C28H22FNO/c29-23-9-5-8-22(15-23)27-16-24(25-10-3-4-13-30-25)28(17-27,18-27)26(31)21-12-11-19-6-1-2-7-20(19)14-21/h1-15,24H,16-18H2/t24-,27?,28?/m0/s1. The molecule has 0 aliphatic heterocycles. The summed E-state index contributed by atoms with van der Waals surface area (Å²) in [4.78, 5) is 18.6. The van der Waals surface area contributed by atoms with Crippen LogP contribution in [0.4, 0.5) is 4.39 Å². The summed E-state index contributed by atoms with van der Waals surface area (Å²) in [5.74, 6) is 0.0147. The van der Waals surface area contributed by atoms with Crippen molar-refractivity contribution in [3.63, 3.8) is 0 Å². The molecule has 0 amide bonds. The molecule has 2 bridgehead atoms. The molecule has 1 atom stereocenters. The summed E-state index contributed by atoms with van der Waals surface area (Å²) in [6.45, 7) is 0. The number of ketones is 1. The number of nitrogens with zero attached hydrogens (tertiary/aromatic N) is 1. The zero-order chi connectivity index (χ0) is 21.1.